The van der Waals surface area contributed by atoms with E-state index in [-0.39, 0.29) is 0 Å². The maximum atomic E-state index is 14.6. The van der Waals surface area contributed by atoms with E-state index in [1.54, 1.807) is 6.07 Å². The third kappa shape index (κ3) is 3.57. The number of nitrogens with zero attached hydrogens (tertiary/aromatic N) is 1. The molecule has 1 aliphatic carbocycles. The number of hydrogen-bond acceptors (Lipinski definition) is 3. The van der Waals surface area contributed by atoms with Crippen LogP contribution in [0.5, 0.6) is 0 Å². The lowest BCUT2D eigenvalue weighted by atomic mass is 9.76. The van der Waals surface area contributed by atoms with Gasteiger partial charge in [0.2, 0.25) is 5.95 Å². The van der Waals surface area contributed by atoms with Gasteiger partial charge >= 0.3 is 0 Å². The normalized spacial score (nSPS) is 15.1. The lowest BCUT2D eigenvalue weighted by molar-refractivity contribution is -0.0431. The molecular weight excluding hydrogens is 399 g/mol. The number of halogens is 1. The van der Waals surface area contributed by atoms with Crippen molar-refractivity contribution in [3.63, 3.8) is 0 Å². The SMILES string of the molecule is OC1(c2cc(NC(c3ccccc3)(c3ccccc3)c3ccccc3)cc(F)n2)CCC1. The highest BCUT2D eigenvalue weighted by Crippen LogP contribution is 2.43. The van der Waals surface area contributed by atoms with Crippen LogP contribution in [0.25, 0.3) is 0 Å². The fourth-order valence-corrected chi connectivity index (χ4v) is 4.57. The smallest absolute Gasteiger partial charge is 0.215 e. The van der Waals surface area contributed by atoms with Gasteiger partial charge in [0.25, 0.3) is 0 Å². The maximum absolute atomic E-state index is 14.6. The van der Waals surface area contributed by atoms with Crippen LogP contribution in [-0.4, -0.2) is 10.1 Å². The highest BCUT2D eigenvalue weighted by molar-refractivity contribution is 5.60. The Morgan fingerprint density at radius 2 is 1.22 bits per heavy atom. The number of anilines is 1. The molecule has 0 radical (unpaired) electrons. The minimum Gasteiger partial charge on any atom is -0.384 e. The van der Waals surface area contributed by atoms with E-state index in [1.807, 2.05) is 54.6 Å². The minimum absolute atomic E-state index is 0.384. The molecule has 160 valence electrons. The number of aromatic nitrogens is 1. The molecule has 4 heteroatoms. The van der Waals surface area contributed by atoms with Gasteiger partial charge in [0.15, 0.2) is 0 Å². The van der Waals surface area contributed by atoms with Crippen LogP contribution in [0.15, 0.2) is 103 Å². The summed E-state index contributed by atoms with van der Waals surface area (Å²) >= 11 is 0. The van der Waals surface area contributed by atoms with Gasteiger partial charge in [-0.3, -0.25) is 0 Å². The summed E-state index contributed by atoms with van der Waals surface area (Å²) in [6.45, 7) is 0. The standard InChI is InChI=1S/C28H25FN2O/c29-26-20-24(19-25(30-26)27(32)17-10-18-27)31-28(21-11-4-1-5-12-21,22-13-6-2-7-14-22)23-15-8-3-9-16-23/h1-9,11-16,19-20,32H,10,17-18H2,(H,30,31). The van der Waals surface area contributed by atoms with Crippen LogP contribution < -0.4 is 5.32 Å². The van der Waals surface area contributed by atoms with Gasteiger partial charge < -0.3 is 10.4 Å². The zero-order chi connectivity index (χ0) is 22.0. The molecule has 32 heavy (non-hydrogen) atoms. The lowest BCUT2D eigenvalue weighted by Gasteiger charge is -2.39. The lowest BCUT2D eigenvalue weighted by Crippen LogP contribution is -2.39. The zero-order valence-electron chi connectivity index (χ0n) is 17.7. The number of hydrogen-bond donors (Lipinski definition) is 2. The van der Waals surface area contributed by atoms with E-state index in [0.29, 0.717) is 24.2 Å². The monoisotopic (exact) mass is 424 g/mol. The van der Waals surface area contributed by atoms with Gasteiger partial charge in [-0.1, -0.05) is 91.0 Å². The van der Waals surface area contributed by atoms with Crippen LogP contribution in [0.2, 0.25) is 0 Å². The van der Waals surface area contributed by atoms with Crippen molar-refractivity contribution in [2.24, 2.45) is 0 Å². The Morgan fingerprint density at radius 3 is 1.62 bits per heavy atom. The predicted octanol–water partition coefficient (Wildman–Crippen LogP) is 6.00. The molecule has 2 N–H and O–H groups in total. The topological polar surface area (TPSA) is 45.1 Å². The summed E-state index contributed by atoms with van der Waals surface area (Å²) in [4.78, 5) is 4.02. The second-order valence-corrected chi connectivity index (χ2v) is 8.42. The summed E-state index contributed by atoms with van der Waals surface area (Å²) in [7, 11) is 0. The average molecular weight is 425 g/mol. The molecule has 1 aliphatic rings. The first kappa shape index (κ1) is 20.4. The van der Waals surface area contributed by atoms with Crippen molar-refractivity contribution < 1.29 is 9.50 Å². The first-order valence-electron chi connectivity index (χ1n) is 11.0. The van der Waals surface area contributed by atoms with Gasteiger partial charge in [-0.05, 0) is 42.0 Å². The molecule has 3 nitrogen and oxygen atoms in total. The van der Waals surface area contributed by atoms with Crippen molar-refractivity contribution in [1.29, 1.82) is 0 Å². The number of rotatable bonds is 6. The van der Waals surface area contributed by atoms with Crippen molar-refractivity contribution in [2.75, 3.05) is 5.32 Å². The molecular formula is C28H25FN2O. The van der Waals surface area contributed by atoms with E-state index in [2.05, 4.69) is 46.7 Å². The van der Waals surface area contributed by atoms with E-state index in [1.165, 1.54) is 6.07 Å². The van der Waals surface area contributed by atoms with Gasteiger partial charge in [0.1, 0.15) is 11.1 Å². The van der Waals surface area contributed by atoms with Crippen LogP contribution >= 0.6 is 0 Å². The molecule has 1 fully saturated rings. The van der Waals surface area contributed by atoms with Crippen molar-refractivity contribution in [2.45, 2.75) is 30.4 Å². The molecule has 3 aromatic carbocycles. The number of pyridine rings is 1. The van der Waals surface area contributed by atoms with E-state index in [0.717, 1.165) is 23.1 Å². The fraction of sp³-hybridized carbons (Fsp3) is 0.179. The van der Waals surface area contributed by atoms with Crippen LogP contribution in [0.4, 0.5) is 10.1 Å². The first-order valence-corrected chi connectivity index (χ1v) is 11.0. The molecule has 0 saturated heterocycles. The Morgan fingerprint density at radius 1 is 0.750 bits per heavy atom. The highest BCUT2D eigenvalue weighted by atomic mass is 19.1. The maximum Gasteiger partial charge on any atom is 0.215 e. The molecule has 1 aromatic heterocycles. The first-order chi connectivity index (χ1) is 15.6. The summed E-state index contributed by atoms with van der Waals surface area (Å²) < 4.78 is 14.6. The molecule has 0 atom stereocenters. The number of benzene rings is 3. The predicted molar refractivity (Wildman–Crippen MR) is 125 cm³/mol. The van der Waals surface area contributed by atoms with Crippen molar-refractivity contribution in [3.05, 3.63) is 131 Å². The van der Waals surface area contributed by atoms with E-state index in [9.17, 15) is 9.50 Å². The van der Waals surface area contributed by atoms with Gasteiger partial charge in [-0.15, -0.1) is 0 Å². The molecule has 1 heterocycles. The van der Waals surface area contributed by atoms with Crippen LogP contribution in [0, 0.1) is 5.95 Å². The molecule has 1 saturated carbocycles. The third-order valence-corrected chi connectivity index (χ3v) is 6.40. The Hall–Kier alpha value is -3.50. The van der Waals surface area contributed by atoms with E-state index >= 15 is 0 Å². The third-order valence-electron chi connectivity index (χ3n) is 6.40. The Balaban J connectivity index is 1.73. The minimum atomic E-state index is -1.05. The summed E-state index contributed by atoms with van der Waals surface area (Å²) in [5, 5.41) is 14.5. The highest BCUT2D eigenvalue weighted by Gasteiger charge is 2.40. The largest absolute Gasteiger partial charge is 0.384 e. The van der Waals surface area contributed by atoms with Gasteiger partial charge in [0.05, 0.1) is 5.69 Å². The van der Waals surface area contributed by atoms with Gasteiger partial charge in [0, 0.05) is 11.8 Å². The van der Waals surface area contributed by atoms with E-state index < -0.39 is 17.1 Å². The van der Waals surface area contributed by atoms with Crippen molar-refractivity contribution >= 4 is 5.69 Å². The second kappa shape index (κ2) is 8.21. The fourth-order valence-electron chi connectivity index (χ4n) is 4.57. The quantitative estimate of drug-likeness (QED) is 0.295. The molecule has 5 rings (SSSR count). The molecule has 0 amide bonds. The Bertz CT molecular complexity index is 1100. The summed E-state index contributed by atoms with van der Waals surface area (Å²) in [5.41, 5.74) is 2.22. The summed E-state index contributed by atoms with van der Waals surface area (Å²) in [6.07, 6.45) is 2.12. The number of aliphatic hydroxyl groups is 1. The van der Waals surface area contributed by atoms with Crippen molar-refractivity contribution in [1.82, 2.24) is 4.98 Å². The van der Waals surface area contributed by atoms with E-state index in [4.69, 9.17) is 0 Å². The zero-order valence-corrected chi connectivity index (χ0v) is 17.7. The Kier molecular flexibility index (Phi) is 5.24. The number of nitrogens with one attached hydrogen (secondary N) is 1. The molecule has 0 aliphatic heterocycles. The average Bonchev–Trinajstić information content (AvgIpc) is 2.82. The Labute approximate surface area is 187 Å². The van der Waals surface area contributed by atoms with Gasteiger partial charge in [-0.2, -0.15) is 4.39 Å². The molecule has 0 spiro atoms. The van der Waals surface area contributed by atoms with Crippen LogP contribution in [-0.2, 0) is 11.1 Å². The van der Waals surface area contributed by atoms with Crippen molar-refractivity contribution in [3.8, 4) is 0 Å². The summed E-state index contributed by atoms with van der Waals surface area (Å²) in [6, 6.07) is 33.6. The van der Waals surface area contributed by atoms with Crippen LogP contribution in [0.3, 0.4) is 0 Å². The summed E-state index contributed by atoms with van der Waals surface area (Å²) in [5.74, 6) is -0.603. The van der Waals surface area contributed by atoms with Crippen LogP contribution in [0.1, 0.15) is 41.6 Å². The second-order valence-electron chi connectivity index (χ2n) is 8.42. The molecule has 0 bridgehead atoms. The van der Waals surface area contributed by atoms with Gasteiger partial charge in [-0.25, -0.2) is 4.98 Å². The molecule has 0 unspecified atom stereocenters. The molecule has 4 aromatic rings.